The Morgan fingerprint density at radius 1 is 1.38 bits per heavy atom. The van der Waals surface area contributed by atoms with Gasteiger partial charge in [0.25, 0.3) is 0 Å². The van der Waals surface area contributed by atoms with Crippen molar-refractivity contribution in [1.82, 2.24) is 25.4 Å². The molecule has 0 atom stereocenters. The van der Waals surface area contributed by atoms with Crippen LogP contribution in [0.2, 0.25) is 0 Å². The van der Waals surface area contributed by atoms with E-state index < -0.39 is 0 Å². The molecule has 1 saturated carbocycles. The summed E-state index contributed by atoms with van der Waals surface area (Å²) in [5.74, 6) is -0.122. The zero-order valence-corrected chi connectivity index (χ0v) is 11.9. The standard InChI is InChI=1S/C14H17N5O2/c1-14(4-2-3-5-14)9-17-12(20)13-18-11(19-21-13)10-8-15-6-7-16-10/h6-8H,2-5,9H2,1H3,(H,17,20). The van der Waals surface area contributed by atoms with Crippen molar-refractivity contribution in [3.63, 3.8) is 0 Å². The van der Waals surface area contributed by atoms with Crippen molar-refractivity contribution in [2.24, 2.45) is 5.41 Å². The molecule has 110 valence electrons. The second-order valence-electron chi connectivity index (χ2n) is 5.71. The Hall–Kier alpha value is -2.31. The first kappa shape index (κ1) is 13.7. The average molecular weight is 287 g/mol. The number of aromatic nitrogens is 4. The van der Waals surface area contributed by atoms with Gasteiger partial charge in [-0.2, -0.15) is 4.98 Å². The molecule has 0 aliphatic heterocycles. The first-order chi connectivity index (χ1) is 10.2. The number of nitrogens with one attached hydrogen (secondary N) is 1. The second-order valence-corrected chi connectivity index (χ2v) is 5.71. The lowest BCUT2D eigenvalue weighted by atomic mass is 9.89. The summed E-state index contributed by atoms with van der Waals surface area (Å²) in [6.45, 7) is 2.83. The molecule has 7 heteroatoms. The topological polar surface area (TPSA) is 93.8 Å². The molecule has 2 aromatic rings. The summed E-state index contributed by atoms with van der Waals surface area (Å²) in [5.41, 5.74) is 0.659. The number of carbonyl (C=O) groups excluding carboxylic acids is 1. The number of hydrogen-bond acceptors (Lipinski definition) is 6. The van der Waals surface area contributed by atoms with Crippen molar-refractivity contribution in [3.05, 3.63) is 24.5 Å². The predicted molar refractivity (Wildman–Crippen MR) is 74.2 cm³/mol. The van der Waals surface area contributed by atoms with Gasteiger partial charge < -0.3 is 9.84 Å². The van der Waals surface area contributed by atoms with Gasteiger partial charge in [-0.05, 0) is 18.3 Å². The van der Waals surface area contributed by atoms with Crippen LogP contribution in [0.1, 0.15) is 43.3 Å². The van der Waals surface area contributed by atoms with E-state index in [0.29, 0.717) is 12.2 Å². The summed E-state index contributed by atoms with van der Waals surface area (Å²) < 4.78 is 4.99. The van der Waals surface area contributed by atoms with Crippen molar-refractivity contribution >= 4 is 5.91 Å². The van der Waals surface area contributed by atoms with E-state index in [1.165, 1.54) is 25.2 Å². The quantitative estimate of drug-likeness (QED) is 0.922. The minimum Gasteiger partial charge on any atom is -0.347 e. The predicted octanol–water partition coefficient (Wildman–Crippen LogP) is 1.84. The second kappa shape index (κ2) is 5.59. The molecule has 1 amide bonds. The molecule has 7 nitrogen and oxygen atoms in total. The Morgan fingerprint density at radius 3 is 2.90 bits per heavy atom. The third kappa shape index (κ3) is 3.07. The van der Waals surface area contributed by atoms with Crippen molar-refractivity contribution in [2.75, 3.05) is 6.54 Å². The van der Waals surface area contributed by atoms with Gasteiger partial charge in [-0.1, -0.05) is 24.9 Å². The van der Waals surface area contributed by atoms with Gasteiger partial charge in [-0.3, -0.25) is 9.78 Å². The van der Waals surface area contributed by atoms with E-state index in [-0.39, 0.29) is 23.0 Å². The van der Waals surface area contributed by atoms with E-state index in [0.717, 1.165) is 12.8 Å². The van der Waals surface area contributed by atoms with Crippen molar-refractivity contribution in [3.8, 4) is 11.5 Å². The molecule has 3 rings (SSSR count). The van der Waals surface area contributed by atoms with Crippen LogP contribution in [0.3, 0.4) is 0 Å². The molecule has 0 aromatic carbocycles. The molecule has 1 aliphatic rings. The van der Waals surface area contributed by atoms with E-state index in [1.54, 1.807) is 6.20 Å². The van der Waals surface area contributed by atoms with Crippen LogP contribution < -0.4 is 5.32 Å². The Morgan fingerprint density at radius 2 is 2.19 bits per heavy atom. The molecule has 0 saturated heterocycles. The van der Waals surface area contributed by atoms with Crippen LogP contribution in [0.5, 0.6) is 0 Å². The average Bonchev–Trinajstić information content (AvgIpc) is 3.16. The summed E-state index contributed by atoms with van der Waals surface area (Å²) in [7, 11) is 0. The van der Waals surface area contributed by atoms with Gasteiger partial charge in [0.15, 0.2) is 0 Å². The molecule has 1 aliphatic carbocycles. The van der Waals surface area contributed by atoms with Crippen molar-refractivity contribution < 1.29 is 9.32 Å². The van der Waals surface area contributed by atoms with Crippen LogP contribution in [-0.2, 0) is 0 Å². The van der Waals surface area contributed by atoms with Crippen LogP contribution in [0.4, 0.5) is 0 Å². The minimum atomic E-state index is -0.342. The Labute approximate surface area is 122 Å². The molecule has 1 fully saturated rings. The lowest BCUT2D eigenvalue weighted by Gasteiger charge is -2.22. The highest BCUT2D eigenvalue weighted by atomic mass is 16.5. The Balaban J connectivity index is 1.64. The van der Waals surface area contributed by atoms with Gasteiger partial charge >= 0.3 is 11.8 Å². The third-order valence-corrected chi connectivity index (χ3v) is 3.90. The van der Waals surface area contributed by atoms with Gasteiger partial charge in [-0.15, -0.1) is 0 Å². The summed E-state index contributed by atoms with van der Waals surface area (Å²) in [5, 5.41) is 6.63. The van der Waals surface area contributed by atoms with Crippen LogP contribution in [0.15, 0.2) is 23.1 Å². The molecule has 2 heterocycles. The van der Waals surface area contributed by atoms with Gasteiger partial charge in [0.1, 0.15) is 5.69 Å². The summed E-state index contributed by atoms with van der Waals surface area (Å²) in [4.78, 5) is 24.1. The maximum absolute atomic E-state index is 12.0. The zero-order chi connectivity index (χ0) is 14.7. The Kier molecular flexibility index (Phi) is 3.64. The van der Waals surface area contributed by atoms with E-state index in [1.807, 2.05) is 0 Å². The van der Waals surface area contributed by atoms with Crippen LogP contribution in [-0.4, -0.2) is 32.6 Å². The van der Waals surface area contributed by atoms with E-state index in [2.05, 4.69) is 32.3 Å². The molecule has 1 N–H and O–H groups in total. The fraction of sp³-hybridized carbons (Fsp3) is 0.500. The summed E-state index contributed by atoms with van der Waals surface area (Å²) in [6, 6.07) is 0. The smallest absolute Gasteiger partial charge is 0.316 e. The molecule has 0 bridgehead atoms. The number of rotatable bonds is 4. The Bertz CT molecular complexity index is 619. The lowest BCUT2D eigenvalue weighted by Crippen LogP contribution is -2.34. The van der Waals surface area contributed by atoms with Crippen LogP contribution in [0, 0.1) is 5.41 Å². The number of carbonyl (C=O) groups is 1. The molecular weight excluding hydrogens is 270 g/mol. The van der Waals surface area contributed by atoms with E-state index in [4.69, 9.17) is 4.52 Å². The van der Waals surface area contributed by atoms with Crippen molar-refractivity contribution in [1.29, 1.82) is 0 Å². The molecule has 21 heavy (non-hydrogen) atoms. The largest absolute Gasteiger partial charge is 0.347 e. The molecule has 0 radical (unpaired) electrons. The molecule has 0 unspecified atom stereocenters. The first-order valence-corrected chi connectivity index (χ1v) is 7.05. The molecular formula is C14H17N5O2. The number of hydrogen-bond donors (Lipinski definition) is 1. The van der Waals surface area contributed by atoms with Gasteiger partial charge in [0, 0.05) is 18.9 Å². The maximum atomic E-state index is 12.0. The summed E-state index contributed by atoms with van der Waals surface area (Å²) in [6.07, 6.45) is 9.34. The van der Waals surface area contributed by atoms with E-state index in [9.17, 15) is 4.79 Å². The highest BCUT2D eigenvalue weighted by molar-refractivity contribution is 5.89. The molecule has 2 aromatic heterocycles. The fourth-order valence-electron chi connectivity index (χ4n) is 2.61. The van der Waals surface area contributed by atoms with Crippen LogP contribution in [0.25, 0.3) is 11.5 Å². The summed E-state index contributed by atoms with van der Waals surface area (Å²) >= 11 is 0. The molecule has 0 spiro atoms. The van der Waals surface area contributed by atoms with Gasteiger partial charge in [0.2, 0.25) is 5.82 Å². The minimum absolute atomic E-state index is 0.0442. The zero-order valence-electron chi connectivity index (χ0n) is 11.9. The van der Waals surface area contributed by atoms with E-state index >= 15 is 0 Å². The number of amides is 1. The normalized spacial score (nSPS) is 16.8. The van der Waals surface area contributed by atoms with Crippen molar-refractivity contribution in [2.45, 2.75) is 32.6 Å². The lowest BCUT2D eigenvalue weighted by molar-refractivity contribution is 0.0890. The van der Waals surface area contributed by atoms with Crippen LogP contribution >= 0.6 is 0 Å². The maximum Gasteiger partial charge on any atom is 0.316 e. The first-order valence-electron chi connectivity index (χ1n) is 7.05. The van der Waals surface area contributed by atoms with Gasteiger partial charge in [0.05, 0.1) is 6.20 Å². The third-order valence-electron chi connectivity index (χ3n) is 3.90. The monoisotopic (exact) mass is 287 g/mol. The highest BCUT2D eigenvalue weighted by Gasteiger charge is 2.29. The highest BCUT2D eigenvalue weighted by Crippen LogP contribution is 2.36. The SMILES string of the molecule is CC1(CNC(=O)c2nc(-c3cnccn3)no2)CCCC1. The fourth-order valence-corrected chi connectivity index (χ4v) is 2.61. The van der Waals surface area contributed by atoms with Gasteiger partial charge in [-0.25, -0.2) is 4.98 Å². The number of nitrogens with zero attached hydrogens (tertiary/aromatic N) is 4.